The number of benzene rings is 1. The van der Waals surface area contributed by atoms with E-state index in [2.05, 4.69) is 15.3 Å². The molecule has 126 valence electrons. The fraction of sp³-hybridized carbons (Fsp3) is 0.143. The minimum absolute atomic E-state index is 0.0106. The number of aromatic carboxylic acids is 1. The van der Waals surface area contributed by atoms with Crippen LogP contribution in [0.5, 0.6) is 5.75 Å². The zero-order valence-corrected chi connectivity index (χ0v) is 13.5. The lowest BCUT2D eigenvalue weighted by Crippen LogP contribution is -2.15. The van der Waals surface area contributed by atoms with Gasteiger partial charge in [0.05, 0.1) is 24.1 Å². The maximum Gasteiger partial charge on any atom is 0.335 e. The second kappa shape index (κ2) is 7.51. The van der Waals surface area contributed by atoms with Crippen LogP contribution in [0.3, 0.4) is 0 Å². The van der Waals surface area contributed by atoms with Crippen LogP contribution in [0, 0.1) is 0 Å². The number of nitrogen functional groups attached to an aromatic ring is 2. The Hall–Kier alpha value is -3.01. The maximum atomic E-state index is 12.1. The van der Waals surface area contributed by atoms with Gasteiger partial charge in [-0.15, -0.1) is 0 Å². The minimum Gasteiger partial charge on any atom is -0.495 e. The summed E-state index contributed by atoms with van der Waals surface area (Å²) < 4.78 is 5.10. The van der Waals surface area contributed by atoms with Gasteiger partial charge in [0.25, 0.3) is 0 Å². The van der Waals surface area contributed by atoms with Gasteiger partial charge in [-0.25, -0.2) is 14.8 Å². The molecule has 0 unspecified atom stereocenters. The molecule has 0 aliphatic heterocycles. The van der Waals surface area contributed by atoms with E-state index in [1.54, 1.807) is 0 Å². The fourth-order valence-electron chi connectivity index (χ4n) is 1.78. The second-order valence-corrected chi connectivity index (χ2v) is 5.50. The van der Waals surface area contributed by atoms with E-state index < -0.39 is 5.97 Å². The van der Waals surface area contributed by atoms with Gasteiger partial charge in [-0.05, 0) is 18.2 Å². The molecule has 10 heteroatoms. The number of rotatable bonds is 6. The zero-order valence-electron chi connectivity index (χ0n) is 12.6. The second-order valence-electron chi connectivity index (χ2n) is 4.56. The molecule has 2 aromatic rings. The largest absolute Gasteiger partial charge is 0.495 e. The maximum absolute atomic E-state index is 12.1. The summed E-state index contributed by atoms with van der Waals surface area (Å²) in [6.45, 7) is 0. The van der Waals surface area contributed by atoms with Crippen molar-refractivity contribution in [3.05, 3.63) is 29.8 Å². The molecule has 0 aliphatic rings. The third-order valence-electron chi connectivity index (χ3n) is 2.80. The van der Waals surface area contributed by atoms with Gasteiger partial charge in [-0.2, -0.15) is 0 Å². The Balaban J connectivity index is 2.06. The molecule has 0 bridgehead atoms. The molecule has 0 saturated carbocycles. The van der Waals surface area contributed by atoms with E-state index in [0.717, 1.165) is 11.8 Å². The number of methoxy groups -OCH3 is 1. The number of nitrogens with one attached hydrogen (secondary N) is 1. The molecule has 0 radical (unpaired) electrons. The lowest BCUT2D eigenvalue weighted by Gasteiger charge is -2.11. The van der Waals surface area contributed by atoms with Gasteiger partial charge >= 0.3 is 5.97 Å². The van der Waals surface area contributed by atoms with Crippen LogP contribution in [-0.2, 0) is 4.79 Å². The monoisotopic (exact) mass is 349 g/mol. The van der Waals surface area contributed by atoms with Crippen molar-refractivity contribution in [2.24, 2.45) is 0 Å². The Labute approximate surface area is 141 Å². The molecule has 1 aromatic carbocycles. The summed E-state index contributed by atoms with van der Waals surface area (Å²) in [6.07, 6.45) is 0. The molecule has 0 fully saturated rings. The number of hydrogen-bond donors (Lipinski definition) is 4. The zero-order chi connectivity index (χ0) is 17.7. The van der Waals surface area contributed by atoms with E-state index in [9.17, 15) is 9.59 Å². The lowest BCUT2D eigenvalue weighted by molar-refractivity contribution is -0.113. The molecule has 0 saturated heterocycles. The van der Waals surface area contributed by atoms with E-state index in [1.165, 1.54) is 31.4 Å². The number of amides is 1. The number of nitrogens with zero attached hydrogens (tertiary/aromatic N) is 2. The van der Waals surface area contributed by atoms with Crippen molar-refractivity contribution in [1.29, 1.82) is 0 Å². The summed E-state index contributed by atoms with van der Waals surface area (Å²) in [4.78, 5) is 31.0. The van der Waals surface area contributed by atoms with Crippen LogP contribution in [0.2, 0.25) is 0 Å². The molecule has 6 N–H and O–H groups in total. The van der Waals surface area contributed by atoms with Crippen molar-refractivity contribution in [1.82, 2.24) is 9.97 Å². The molecule has 1 aromatic heterocycles. The molecule has 1 heterocycles. The Bertz CT molecular complexity index is 764. The Morgan fingerprint density at radius 3 is 2.50 bits per heavy atom. The van der Waals surface area contributed by atoms with Crippen molar-refractivity contribution in [2.75, 3.05) is 29.6 Å². The Kier molecular flexibility index (Phi) is 5.42. The highest BCUT2D eigenvalue weighted by Gasteiger charge is 2.13. The fourth-order valence-corrected chi connectivity index (χ4v) is 2.45. The number of ether oxygens (including phenoxy) is 1. The predicted molar refractivity (Wildman–Crippen MR) is 90.2 cm³/mol. The molecule has 2 rings (SSSR count). The summed E-state index contributed by atoms with van der Waals surface area (Å²) in [6, 6.07) is 5.58. The van der Waals surface area contributed by atoms with Crippen LogP contribution in [0.1, 0.15) is 10.4 Å². The molecule has 0 spiro atoms. The van der Waals surface area contributed by atoms with Crippen molar-refractivity contribution < 1.29 is 19.4 Å². The van der Waals surface area contributed by atoms with Crippen LogP contribution in [0.25, 0.3) is 0 Å². The number of thioether (sulfide) groups is 1. The molecule has 9 nitrogen and oxygen atoms in total. The summed E-state index contributed by atoms with van der Waals surface area (Å²) >= 11 is 1.05. The SMILES string of the molecule is COc1ccc(C(=O)O)cc1NC(=O)CSc1nc(N)cc(N)n1. The van der Waals surface area contributed by atoms with Gasteiger partial charge in [-0.3, -0.25) is 4.79 Å². The number of nitrogens with two attached hydrogens (primary N) is 2. The predicted octanol–water partition coefficient (Wildman–Crippen LogP) is 1.08. The standard InChI is InChI=1S/C14H15N5O4S/c1-23-9-3-2-7(13(21)22)4-8(9)17-12(20)6-24-14-18-10(15)5-11(16)19-14/h2-5H,6H2,1H3,(H,17,20)(H,21,22)(H4,15,16,18,19). The smallest absolute Gasteiger partial charge is 0.335 e. The highest BCUT2D eigenvalue weighted by Crippen LogP contribution is 2.26. The van der Waals surface area contributed by atoms with Gasteiger partial charge in [0, 0.05) is 6.07 Å². The number of anilines is 3. The summed E-state index contributed by atoms with van der Waals surface area (Å²) in [5.41, 5.74) is 11.4. The van der Waals surface area contributed by atoms with E-state index >= 15 is 0 Å². The van der Waals surface area contributed by atoms with Crippen molar-refractivity contribution >= 4 is 41.0 Å². The molecule has 24 heavy (non-hydrogen) atoms. The van der Waals surface area contributed by atoms with E-state index in [-0.39, 0.29) is 39.7 Å². The van der Waals surface area contributed by atoms with Crippen LogP contribution in [0.15, 0.2) is 29.4 Å². The molecular weight excluding hydrogens is 334 g/mol. The number of carboxylic acid groups (broad SMARTS) is 1. The first-order valence-corrected chi connectivity index (χ1v) is 7.61. The number of carboxylic acids is 1. The number of carbonyl (C=O) groups is 2. The number of carbonyl (C=O) groups excluding carboxylic acids is 1. The van der Waals surface area contributed by atoms with E-state index in [1.807, 2.05) is 0 Å². The quantitative estimate of drug-likeness (QED) is 0.443. The Morgan fingerprint density at radius 1 is 1.25 bits per heavy atom. The third kappa shape index (κ3) is 4.49. The third-order valence-corrected chi connectivity index (χ3v) is 3.65. The number of aromatic nitrogens is 2. The van der Waals surface area contributed by atoms with Gasteiger partial charge in [0.1, 0.15) is 17.4 Å². The lowest BCUT2D eigenvalue weighted by atomic mass is 10.2. The normalized spacial score (nSPS) is 10.2. The first-order chi connectivity index (χ1) is 11.4. The molecular formula is C14H15N5O4S. The van der Waals surface area contributed by atoms with E-state index in [0.29, 0.717) is 5.75 Å². The van der Waals surface area contributed by atoms with E-state index in [4.69, 9.17) is 21.3 Å². The average Bonchev–Trinajstić information content (AvgIpc) is 2.52. The van der Waals surface area contributed by atoms with Crippen molar-refractivity contribution in [3.8, 4) is 5.75 Å². The van der Waals surface area contributed by atoms with Gasteiger partial charge in [-0.1, -0.05) is 11.8 Å². The van der Waals surface area contributed by atoms with Gasteiger partial charge in [0.2, 0.25) is 5.91 Å². The Morgan fingerprint density at radius 2 is 1.92 bits per heavy atom. The summed E-state index contributed by atoms with van der Waals surface area (Å²) in [5, 5.41) is 11.9. The molecule has 1 amide bonds. The summed E-state index contributed by atoms with van der Waals surface area (Å²) in [7, 11) is 1.42. The van der Waals surface area contributed by atoms with Crippen LogP contribution < -0.4 is 21.5 Å². The van der Waals surface area contributed by atoms with Crippen molar-refractivity contribution in [3.63, 3.8) is 0 Å². The van der Waals surface area contributed by atoms with Gasteiger partial charge in [0.15, 0.2) is 5.16 Å². The highest BCUT2D eigenvalue weighted by atomic mass is 32.2. The first-order valence-electron chi connectivity index (χ1n) is 6.63. The van der Waals surface area contributed by atoms with Crippen LogP contribution in [-0.4, -0.2) is 39.8 Å². The minimum atomic E-state index is -1.11. The topological polar surface area (TPSA) is 153 Å². The van der Waals surface area contributed by atoms with Crippen molar-refractivity contribution in [2.45, 2.75) is 5.16 Å². The molecule has 0 aliphatic carbocycles. The summed E-state index contributed by atoms with van der Waals surface area (Å²) in [5.74, 6) is -0.731. The average molecular weight is 349 g/mol. The number of hydrogen-bond acceptors (Lipinski definition) is 8. The van der Waals surface area contributed by atoms with Crippen LogP contribution >= 0.6 is 11.8 Å². The van der Waals surface area contributed by atoms with Gasteiger partial charge < -0.3 is 26.6 Å². The highest BCUT2D eigenvalue weighted by molar-refractivity contribution is 7.99. The molecule has 0 atom stereocenters. The first kappa shape index (κ1) is 17.3. The van der Waals surface area contributed by atoms with Crippen LogP contribution in [0.4, 0.5) is 17.3 Å².